The van der Waals surface area contributed by atoms with Crippen molar-refractivity contribution < 1.29 is 14.7 Å². The van der Waals surface area contributed by atoms with Crippen molar-refractivity contribution in [3.8, 4) is 0 Å². The molecule has 0 bridgehead atoms. The molecule has 0 unspecified atom stereocenters. The van der Waals surface area contributed by atoms with Crippen molar-refractivity contribution in [1.82, 2.24) is 0 Å². The van der Waals surface area contributed by atoms with Gasteiger partial charge < -0.3 is 9.94 Å². The van der Waals surface area contributed by atoms with Gasteiger partial charge in [0.2, 0.25) is 0 Å². The average molecular weight is 469 g/mol. The van der Waals surface area contributed by atoms with Crippen LogP contribution in [0.4, 0.5) is 0 Å². The maximum Gasteiger partial charge on any atom is 0.309 e. The summed E-state index contributed by atoms with van der Waals surface area (Å²) in [5, 5.41) is 14.4. The SMILES string of the molecule is CO/N=C1\C[C@H]2[C@](C)(C(=O)O)CCC[C@]2(C)c2ccc(C(C)C)c(I)c21. The summed E-state index contributed by atoms with van der Waals surface area (Å²) in [5.41, 5.74) is 3.74. The molecule has 26 heavy (non-hydrogen) atoms. The molecule has 142 valence electrons. The highest BCUT2D eigenvalue weighted by molar-refractivity contribution is 14.1. The van der Waals surface area contributed by atoms with Crippen LogP contribution in [-0.2, 0) is 15.0 Å². The lowest BCUT2D eigenvalue weighted by molar-refractivity contribution is -0.156. The standard InChI is InChI=1S/C21H28INO3/c1-12(2)13-7-8-14-17(18(13)22)15(23-26-5)11-16-20(14,3)9-6-10-21(16,4)19(24)25/h7-8,12,16H,6,9-11H2,1-5H3,(H,24,25)/b23-15+/t16-,20-,21-/m1/s1. The summed E-state index contributed by atoms with van der Waals surface area (Å²) in [6, 6.07) is 4.44. The van der Waals surface area contributed by atoms with Crippen LogP contribution in [0.5, 0.6) is 0 Å². The molecule has 0 aromatic heterocycles. The molecule has 5 heteroatoms. The highest BCUT2D eigenvalue weighted by Gasteiger charge is 2.56. The van der Waals surface area contributed by atoms with Gasteiger partial charge >= 0.3 is 5.97 Å². The van der Waals surface area contributed by atoms with E-state index >= 15 is 0 Å². The van der Waals surface area contributed by atoms with Crippen molar-refractivity contribution in [2.75, 3.05) is 7.11 Å². The summed E-state index contributed by atoms with van der Waals surface area (Å²) < 4.78 is 1.23. The predicted octanol–water partition coefficient (Wildman–Crippen LogP) is 5.32. The molecule has 0 saturated heterocycles. The lowest BCUT2D eigenvalue weighted by Crippen LogP contribution is -2.53. The molecule has 1 fully saturated rings. The van der Waals surface area contributed by atoms with Gasteiger partial charge in [0, 0.05) is 9.13 Å². The molecule has 0 radical (unpaired) electrons. The number of carboxylic acid groups (broad SMARTS) is 1. The monoisotopic (exact) mass is 469 g/mol. The maximum atomic E-state index is 12.2. The number of carbonyl (C=O) groups is 1. The molecule has 1 aromatic carbocycles. The highest BCUT2D eigenvalue weighted by atomic mass is 127. The molecule has 1 N–H and O–H groups in total. The van der Waals surface area contributed by atoms with E-state index in [2.05, 4.69) is 60.7 Å². The number of rotatable bonds is 3. The molecular weight excluding hydrogens is 441 g/mol. The Kier molecular flexibility index (Phi) is 5.14. The fourth-order valence-electron chi connectivity index (χ4n) is 5.19. The number of aliphatic carboxylic acids is 1. The second-order valence-corrected chi connectivity index (χ2v) is 9.60. The molecule has 0 heterocycles. The first-order chi connectivity index (χ1) is 12.2. The molecule has 3 atom stereocenters. The lowest BCUT2D eigenvalue weighted by atomic mass is 9.49. The summed E-state index contributed by atoms with van der Waals surface area (Å²) in [6.07, 6.45) is 3.33. The van der Waals surface area contributed by atoms with E-state index < -0.39 is 11.4 Å². The van der Waals surface area contributed by atoms with Gasteiger partial charge in [0.1, 0.15) is 7.11 Å². The van der Waals surface area contributed by atoms with E-state index in [0.717, 1.165) is 25.0 Å². The number of hydrogen-bond donors (Lipinski definition) is 1. The molecule has 2 aliphatic carbocycles. The number of hydrogen-bond acceptors (Lipinski definition) is 3. The zero-order valence-corrected chi connectivity index (χ0v) is 18.4. The van der Waals surface area contributed by atoms with E-state index in [1.54, 1.807) is 7.11 Å². The number of fused-ring (bicyclic) bond motifs is 3. The Balaban J connectivity index is 2.28. The molecule has 3 rings (SSSR count). The fraction of sp³-hybridized carbons (Fsp3) is 0.619. The van der Waals surface area contributed by atoms with Crippen molar-refractivity contribution in [2.24, 2.45) is 16.5 Å². The van der Waals surface area contributed by atoms with Crippen LogP contribution in [0.3, 0.4) is 0 Å². The zero-order chi connectivity index (χ0) is 19.3. The number of nitrogens with zero attached hydrogens (tertiary/aromatic N) is 1. The van der Waals surface area contributed by atoms with E-state index in [0.29, 0.717) is 12.3 Å². The second kappa shape index (κ2) is 6.80. The van der Waals surface area contributed by atoms with E-state index in [4.69, 9.17) is 4.84 Å². The Bertz CT molecular complexity index is 773. The van der Waals surface area contributed by atoms with Gasteiger partial charge in [-0.15, -0.1) is 0 Å². The van der Waals surface area contributed by atoms with E-state index in [-0.39, 0.29) is 11.3 Å². The number of halogens is 1. The summed E-state index contributed by atoms with van der Waals surface area (Å²) >= 11 is 2.43. The van der Waals surface area contributed by atoms with Crippen LogP contribution >= 0.6 is 22.6 Å². The van der Waals surface area contributed by atoms with E-state index in [9.17, 15) is 9.90 Å². The summed E-state index contributed by atoms with van der Waals surface area (Å²) in [4.78, 5) is 17.4. The Morgan fingerprint density at radius 2 is 2.04 bits per heavy atom. The summed E-state index contributed by atoms with van der Waals surface area (Å²) in [7, 11) is 1.57. The number of carboxylic acids is 1. The topological polar surface area (TPSA) is 58.9 Å². The number of oxime groups is 1. The van der Waals surface area contributed by atoms with Gasteiger partial charge in [0.15, 0.2) is 0 Å². The van der Waals surface area contributed by atoms with Crippen molar-refractivity contribution in [3.63, 3.8) is 0 Å². The number of benzene rings is 1. The van der Waals surface area contributed by atoms with Crippen molar-refractivity contribution in [1.29, 1.82) is 0 Å². The Morgan fingerprint density at radius 3 is 2.62 bits per heavy atom. The third-order valence-electron chi connectivity index (χ3n) is 6.72. The van der Waals surface area contributed by atoms with Crippen LogP contribution < -0.4 is 0 Å². The lowest BCUT2D eigenvalue weighted by Gasteiger charge is -2.53. The average Bonchev–Trinajstić information content (AvgIpc) is 2.56. The van der Waals surface area contributed by atoms with Crippen LogP contribution in [0, 0.1) is 14.9 Å². The minimum atomic E-state index is -0.735. The molecule has 0 spiro atoms. The summed E-state index contributed by atoms with van der Waals surface area (Å²) in [6.45, 7) is 8.57. The van der Waals surface area contributed by atoms with Gasteiger partial charge in [0.25, 0.3) is 0 Å². The van der Waals surface area contributed by atoms with Gasteiger partial charge in [-0.3, -0.25) is 4.79 Å². The molecule has 0 amide bonds. The fourth-order valence-corrected chi connectivity index (χ4v) is 6.59. The minimum Gasteiger partial charge on any atom is -0.481 e. The van der Waals surface area contributed by atoms with Crippen LogP contribution in [0.2, 0.25) is 0 Å². The Labute approximate surface area is 169 Å². The van der Waals surface area contributed by atoms with Crippen LogP contribution in [0.25, 0.3) is 0 Å². The second-order valence-electron chi connectivity index (χ2n) is 8.52. The Morgan fingerprint density at radius 1 is 1.35 bits per heavy atom. The van der Waals surface area contributed by atoms with Crippen LogP contribution in [0.15, 0.2) is 17.3 Å². The first-order valence-electron chi connectivity index (χ1n) is 9.33. The van der Waals surface area contributed by atoms with Gasteiger partial charge in [-0.1, -0.05) is 44.5 Å². The van der Waals surface area contributed by atoms with Crippen LogP contribution in [0.1, 0.15) is 76.0 Å². The summed E-state index contributed by atoms with van der Waals surface area (Å²) in [5.74, 6) is -0.248. The predicted molar refractivity (Wildman–Crippen MR) is 112 cm³/mol. The third kappa shape index (κ3) is 2.77. The molecule has 4 nitrogen and oxygen atoms in total. The van der Waals surface area contributed by atoms with Crippen LogP contribution in [-0.4, -0.2) is 23.9 Å². The normalized spacial score (nSPS) is 32.3. The van der Waals surface area contributed by atoms with Crippen molar-refractivity contribution >= 4 is 34.3 Å². The van der Waals surface area contributed by atoms with Crippen molar-refractivity contribution in [2.45, 2.75) is 64.7 Å². The largest absolute Gasteiger partial charge is 0.481 e. The van der Waals surface area contributed by atoms with Crippen molar-refractivity contribution in [3.05, 3.63) is 32.4 Å². The van der Waals surface area contributed by atoms with Gasteiger partial charge in [-0.25, -0.2) is 0 Å². The molecule has 0 aliphatic heterocycles. The Hall–Kier alpha value is -1.11. The maximum absolute atomic E-state index is 12.2. The quantitative estimate of drug-likeness (QED) is 0.482. The molecule has 2 aliphatic rings. The third-order valence-corrected chi connectivity index (χ3v) is 7.88. The first-order valence-corrected chi connectivity index (χ1v) is 10.4. The smallest absolute Gasteiger partial charge is 0.309 e. The van der Waals surface area contributed by atoms with Gasteiger partial charge in [-0.2, -0.15) is 0 Å². The molecule has 1 aromatic rings. The highest BCUT2D eigenvalue weighted by Crippen LogP contribution is 2.58. The van der Waals surface area contributed by atoms with Gasteiger partial charge in [-0.05, 0) is 77.2 Å². The molecule has 1 saturated carbocycles. The minimum absolute atomic E-state index is 0.0170. The zero-order valence-electron chi connectivity index (χ0n) is 16.2. The van der Waals surface area contributed by atoms with E-state index in [1.165, 1.54) is 20.3 Å². The van der Waals surface area contributed by atoms with Gasteiger partial charge in [0.05, 0.1) is 11.1 Å². The first kappa shape index (κ1) is 19.6. The molecular formula is C21H28INO3. The van der Waals surface area contributed by atoms with E-state index in [1.807, 2.05) is 6.92 Å².